The van der Waals surface area contributed by atoms with Crippen LogP contribution in [0.1, 0.15) is 25.8 Å². The van der Waals surface area contributed by atoms with Gasteiger partial charge in [-0.05, 0) is 19.4 Å². The highest BCUT2D eigenvalue weighted by Gasteiger charge is 2.14. The predicted molar refractivity (Wildman–Crippen MR) is 78.7 cm³/mol. The molecule has 3 N–H and O–H groups in total. The number of carboxylic acid groups (broad SMARTS) is 1. The number of aliphatic hydroxyl groups excluding tert-OH is 1. The summed E-state index contributed by atoms with van der Waals surface area (Å²) >= 11 is 0. The number of aliphatic carboxylic acids is 1. The van der Waals surface area contributed by atoms with Crippen LogP contribution in [0.3, 0.4) is 0 Å². The Morgan fingerprint density at radius 3 is 2.67 bits per heavy atom. The molecule has 0 heterocycles. The zero-order valence-corrected chi connectivity index (χ0v) is 12.5. The van der Waals surface area contributed by atoms with Crippen molar-refractivity contribution in [2.45, 2.75) is 32.9 Å². The van der Waals surface area contributed by atoms with E-state index in [2.05, 4.69) is 5.32 Å². The molecule has 118 valence electrons. The number of hydrogen-bond donors (Lipinski definition) is 3. The molecular formula is C15H23NO5. The third-order valence-electron chi connectivity index (χ3n) is 2.99. The molecule has 0 saturated carbocycles. The Labute approximate surface area is 124 Å². The molecule has 0 radical (unpaired) electrons. The molecule has 6 nitrogen and oxygen atoms in total. The number of aliphatic hydroxyl groups is 1. The van der Waals surface area contributed by atoms with Crippen molar-refractivity contribution in [1.82, 2.24) is 5.32 Å². The van der Waals surface area contributed by atoms with Crippen LogP contribution in [0.5, 0.6) is 11.5 Å². The second kappa shape index (κ2) is 9.20. The zero-order valence-electron chi connectivity index (χ0n) is 12.5. The molecule has 1 rings (SSSR count). The van der Waals surface area contributed by atoms with E-state index in [1.807, 2.05) is 26.0 Å². The van der Waals surface area contributed by atoms with Crippen molar-refractivity contribution in [3.63, 3.8) is 0 Å². The first kappa shape index (κ1) is 17.3. The lowest BCUT2D eigenvalue weighted by Crippen LogP contribution is -2.31. The standard InChI is InChI=1S/C15H23NO5/c1-3-12(9-17)16-8-11-6-5-7-13(20-4-2)15(11)21-10-14(18)19/h5-7,12,16-17H,3-4,8-10H2,1-2H3,(H,18,19)/t12-/m0/s1. The minimum absolute atomic E-state index is 0.00641. The molecule has 0 bridgehead atoms. The number of hydrogen-bond acceptors (Lipinski definition) is 5. The van der Waals surface area contributed by atoms with E-state index >= 15 is 0 Å². The van der Waals surface area contributed by atoms with Gasteiger partial charge >= 0.3 is 5.97 Å². The first-order chi connectivity index (χ1) is 10.1. The Hall–Kier alpha value is -1.79. The van der Waals surface area contributed by atoms with Crippen LogP contribution in [0.15, 0.2) is 18.2 Å². The molecule has 1 atom stereocenters. The lowest BCUT2D eigenvalue weighted by atomic mass is 10.1. The number of nitrogens with one attached hydrogen (secondary N) is 1. The summed E-state index contributed by atoms with van der Waals surface area (Å²) in [5.41, 5.74) is 0.800. The summed E-state index contributed by atoms with van der Waals surface area (Å²) in [7, 11) is 0. The van der Waals surface area contributed by atoms with Gasteiger partial charge in [0.2, 0.25) is 0 Å². The van der Waals surface area contributed by atoms with Crippen molar-refractivity contribution in [1.29, 1.82) is 0 Å². The van der Waals surface area contributed by atoms with Crippen LogP contribution in [-0.4, -0.2) is 42.0 Å². The monoisotopic (exact) mass is 297 g/mol. The second-order valence-electron chi connectivity index (χ2n) is 4.53. The SMILES string of the molecule is CCOc1cccc(CN[C@@H](CC)CO)c1OCC(=O)O. The van der Waals surface area contributed by atoms with Gasteiger partial charge in [0, 0.05) is 18.2 Å². The third-order valence-corrected chi connectivity index (χ3v) is 2.99. The smallest absolute Gasteiger partial charge is 0.341 e. The number of benzene rings is 1. The average Bonchev–Trinajstić information content (AvgIpc) is 2.47. The highest BCUT2D eigenvalue weighted by Crippen LogP contribution is 2.31. The molecule has 0 saturated heterocycles. The van der Waals surface area contributed by atoms with Gasteiger partial charge in [-0.2, -0.15) is 0 Å². The van der Waals surface area contributed by atoms with E-state index in [0.29, 0.717) is 24.7 Å². The van der Waals surface area contributed by atoms with Gasteiger partial charge in [0.15, 0.2) is 18.1 Å². The number of para-hydroxylation sites is 1. The van der Waals surface area contributed by atoms with Gasteiger partial charge in [-0.3, -0.25) is 0 Å². The molecule has 0 amide bonds. The highest BCUT2D eigenvalue weighted by atomic mass is 16.5. The summed E-state index contributed by atoms with van der Waals surface area (Å²) in [4.78, 5) is 10.7. The summed E-state index contributed by atoms with van der Waals surface area (Å²) in [6, 6.07) is 5.41. The first-order valence-corrected chi connectivity index (χ1v) is 7.05. The fourth-order valence-electron chi connectivity index (χ4n) is 1.86. The van der Waals surface area contributed by atoms with Crippen molar-refractivity contribution >= 4 is 5.97 Å². The Morgan fingerprint density at radius 2 is 2.10 bits per heavy atom. The van der Waals surface area contributed by atoms with Gasteiger partial charge in [-0.25, -0.2) is 4.79 Å². The van der Waals surface area contributed by atoms with Crippen molar-refractivity contribution in [3.05, 3.63) is 23.8 Å². The quantitative estimate of drug-likeness (QED) is 0.605. The van der Waals surface area contributed by atoms with Crippen molar-refractivity contribution in [2.75, 3.05) is 19.8 Å². The summed E-state index contributed by atoms with van der Waals surface area (Å²) < 4.78 is 10.8. The molecule has 0 aliphatic carbocycles. The van der Waals surface area contributed by atoms with E-state index in [-0.39, 0.29) is 12.6 Å². The molecule has 0 unspecified atom stereocenters. The van der Waals surface area contributed by atoms with E-state index < -0.39 is 12.6 Å². The van der Waals surface area contributed by atoms with Crippen molar-refractivity contribution in [2.24, 2.45) is 0 Å². The van der Waals surface area contributed by atoms with Gasteiger partial charge in [-0.1, -0.05) is 19.1 Å². The van der Waals surface area contributed by atoms with Crippen LogP contribution in [-0.2, 0) is 11.3 Å². The molecule has 21 heavy (non-hydrogen) atoms. The summed E-state index contributed by atoms with van der Waals surface area (Å²) in [5.74, 6) is -0.0841. The van der Waals surface area contributed by atoms with Crippen LogP contribution in [0.4, 0.5) is 0 Å². The fourth-order valence-corrected chi connectivity index (χ4v) is 1.86. The van der Waals surface area contributed by atoms with Gasteiger partial charge in [-0.15, -0.1) is 0 Å². The van der Waals surface area contributed by atoms with Crippen molar-refractivity contribution in [3.8, 4) is 11.5 Å². The van der Waals surface area contributed by atoms with Crippen LogP contribution in [0.2, 0.25) is 0 Å². The zero-order chi connectivity index (χ0) is 15.7. The molecule has 0 aliphatic rings. The van der Waals surface area contributed by atoms with Gasteiger partial charge in [0.05, 0.1) is 13.2 Å². The van der Waals surface area contributed by atoms with Gasteiger partial charge < -0.3 is 25.0 Å². The average molecular weight is 297 g/mol. The molecular weight excluding hydrogens is 274 g/mol. The predicted octanol–water partition coefficient (Wildman–Crippen LogP) is 1.41. The maximum Gasteiger partial charge on any atom is 0.341 e. The lowest BCUT2D eigenvalue weighted by molar-refractivity contribution is -0.139. The largest absolute Gasteiger partial charge is 0.490 e. The highest BCUT2D eigenvalue weighted by molar-refractivity contribution is 5.68. The molecule has 1 aromatic rings. The molecule has 1 aromatic carbocycles. The number of ether oxygens (including phenoxy) is 2. The fraction of sp³-hybridized carbons (Fsp3) is 0.533. The number of rotatable bonds is 10. The second-order valence-corrected chi connectivity index (χ2v) is 4.53. The van der Waals surface area contributed by atoms with E-state index in [1.54, 1.807) is 6.07 Å². The lowest BCUT2D eigenvalue weighted by Gasteiger charge is -2.18. The normalized spacial score (nSPS) is 12.0. The van der Waals surface area contributed by atoms with E-state index in [9.17, 15) is 9.90 Å². The van der Waals surface area contributed by atoms with Crippen molar-refractivity contribution < 1.29 is 24.5 Å². The van der Waals surface area contributed by atoms with E-state index in [1.165, 1.54) is 0 Å². The van der Waals surface area contributed by atoms with Crippen LogP contribution in [0, 0.1) is 0 Å². The maximum atomic E-state index is 10.7. The third kappa shape index (κ3) is 5.61. The van der Waals surface area contributed by atoms with E-state index in [0.717, 1.165) is 12.0 Å². The minimum atomic E-state index is -1.04. The molecule has 0 spiro atoms. The maximum absolute atomic E-state index is 10.7. The number of carboxylic acids is 1. The Bertz CT molecular complexity index is 446. The van der Waals surface area contributed by atoms with Crippen LogP contribution < -0.4 is 14.8 Å². The van der Waals surface area contributed by atoms with Crippen LogP contribution in [0.25, 0.3) is 0 Å². The van der Waals surface area contributed by atoms with Gasteiger partial charge in [0.1, 0.15) is 0 Å². The Kier molecular flexibility index (Phi) is 7.56. The topological polar surface area (TPSA) is 88.0 Å². The Morgan fingerprint density at radius 1 is 1.33 bits per heavy atom. The molecule has 0 fully saturated rings. The summed E-state index contributed by atoms with van der Waals surface area (Å²) in [6.45, 7) is 4.39. The van der Waals surface area contributed by atoms with Crippen LogP contribution >= 0.6 is 0 Å². The molecule has 0 aliphatic heterocycles. The first-order valence-electron chi connectivity index (χ1n) is 7.05. The minimum Gasteiger partial charge on any atom is -0.490 e. The summed E-state index contributed by atoms with van der Waals surface area (Å²) in [5, 5.41) is 21.2. The molecule has 0 aromatic heterocycles. The summed E-state index contributed by atoms with van der Waals surface area (Å²) in [6.07, 6.45) is 0.799. The van der Waals surface area contributed by atoms with Gasteiger partial charge in [0.25, 0.3) is 0 Å². The molecule has 6 heteroatoms. The van der Waals surface area contributed by atoms with E-state index in [4.69, 9.17) is 14.6 Å². The number of carbonyl (C=O) groups is 1. The Balaban J connectivity index is 2.88.